The minimum Gasteiger partial charge on any atom is -0.489 e. The summed E-state index contributed by atoms with van der Waals surface area (Å²) in [6.07, 6.45) is 0.389. The van der Waals surface area contributed by atoms with Crippen LogP contribution in [-0.2, 0) is 24.4 Å². The number of aromatic nitrogens is 1. The molecule has 2 heterocycles. The zero-order valence-corrected chi connectivity index (χ0v) is 19.1. The largest absolute Gasteiger partial charge is 0.489 e. The smallest absolute Gasteiger partial charge is 0.227 e. The van der Waals surface area contributed by atoms with Gasteiger partial charge in [0.15, 0.2) is 0 Å². The van der Waals surface area contributed by atoms with Crippen molar-refractivity contribution in [1.82, 2.24) is 15.0 Å². The molecule has 2 aromatic carbocycles. The first-order valence-electron chi connectivity index (χ1n) is 11.1. The summed E-state index contributed by atoms with van der Waals surface area (Å²) < 4.78 is 11.0. The summed E-state index contributed by atoms with van der Waals surface area (Å²) in [5.74, 6) is 1.67. The van der Waals surface area contributed by atoms with Crippen LogP contribution >= 0.6 is 0 Å². The fourth-order valence-corrected chi connectivity index (χ4v) is 3.95. The number of nitrogens with zero attached hydrogens (tertiary/aromatic N) is 4. The van der Waals surface area contributed by atoms with Gasteiger partial charge in [0.1, 0.15) is 18.1 Å². The van der Waals surface area contributed by atoms with Crippen LogP contribution in [0.5, 0.6) is 5.75 Å². The van der Waals surface area contributed by atoms with Crippen molar-refractivity contribution in [3.63, 3.8) is 0 Å². The standard InChI is InChI=1S/C26H28N4O3/c1-19-25(20(2)33-28-19)18-32-24-9-7-21(8-10-24)15-26(31)30-13-11-29(12-14-30)17-23-5-3-22(16-27)4-6-23/h3-10H,11-15,17-18H2,1-2H3. The molecule has 1 aromatic heterocycles. The lowest BCUT2D eigenvalue weighted by atomic mass is 10.1. The molecule has 0 saturated carbocycles. The average Bonchev–Trinajstić information content (AvgIpc) is 3.16. The van der Waals surface area contributed by atoms with E-state index in [9.17, 15) is 4.79 Å². The molecule has 7 nitrogen and oxygen atoms in total. The third-order valence-corrected chi connectivity index (χ3v) is 6.06. The van der Waals surface area contributed by atoms with Crippen LogP contribution in [0.25, 0.3) is 0 Å². The molecule has 170 valence electrons. The number of carbonyl (C=O) groups excluding carboxylic acids is 1. The molecule has 7 heteroatoms. The Bertz CT molecular complexity index is 1100. The minimum absolute atomic E-state index is 0.150. The molecule has 1 fully saturated rings. The average molecular weight is 445 g/mol. The summed E-state index contributed by atoms with van der Waals surface area (Å²) in [7, 11) is 0. The summed E-state index contributed by atoms with van der Waals surface area (Å²) in [4.78, 5) is 17.1. The number of ether oxygens (including phenoxy) is 1. The van der Waals surface area contributed by atoms with Crippen LogP contribution in [0, 0.1) is 25.2 Å². The third-order valence-electron chi connectivity index (χ3n) is 6.06. The van der Waals surface area contributed by atoms with Crippen molar-refractivity contribution in [3.05, 3.63) is 82.2 Å². The Morgan fingerprint density at radius 2 is 1.70 bits per heavy atom. The van der Waals surface area contributed by atoms with E-state index in [0.29, 0.717) is 18.6 Å². The molecule has 1 amide bonds. The summed E-state index contributed by atoms with van der Waals surface area (Å²) >= 11 is 0. The Labute approximate surface area is 194 Å². The van der Waals surface area contributed by atoms with Crippen molar-refractivity contribution in [2.45, 2.75) is 33.4 Å². The van der Waals surface area contributed by atoms with Gasteiger partial charge in [0, 0.05) is 32.7 Å². The third kappa shape index (κ3) is 5.79. The highest BCUT2D eigenvalue weighted by Gasteiger charge is 2.21. The van der Waals surface area contributed by atoms with E-state index in [1.807, 2.05) is 67.3 Å². The van der Waals surface area contributed by atoms with E-state index in [-0.39, 0.29) is 5.91 Å². The minimum atomic E-state index is 0.150. The maximum atomic E-state index is 12.8. The second-order valence-corrected chi connectivity index (χ2v) is 8.38. The topological polar surface area (TPSA) is 82.6 Å². The first kappa shape index (κ1) is 22.6. The number of hydrogen-bond acceptors (Lipinski definition) is 6. The van der Waals surface area contributed by atoms with Gasteiger partial charge in [-0.05, 0) is 49.2 Å². The number of carbonyl (C=O) groups is 1. The predicted octanol–water partition coefficient (Wildman–Crippen LogP) is 3.63. The van der Waals surface area contributed by atoms with Crippen molar-refractivity contribution in [2.24, 2.45) is 0 Å². The first-order valence-corrected chi connectivity index (χ1v) is 11.1. The van der Waals surface area contributed by atoms with Crippen LogP contribution in [0.1, 0.15) is 33.7 Å². The summed E-state index contributed by atoms with van der Waals surface area (Å²) in [6, 6.07) is 17.5. The summed E-state index contributed by atoms with van der Waals surface area (Å²) in [5, 5.41) is 12.9. The fourth-order valence-electron chi connectivity index (χ4n) is 3.95. The first-order chi connectivity index (χ1) is 16.0. The zero-order chi connectivity index (χ0) is 23.2. The highest BCUT2D eigenvalue weighted by Crippen LogP contribution is 2.19. The number of amides is 1. The SMILES string of the molecule is Cc1noc(C)c1COc1ccc(CC(=O)N2CCN(Cc3ccc(C#N)cc3)CC2)cc1. The lowest BCUT2D eigenvalue weighted by molar-refractivity contribution is -0.132. The molecule has 0 atom stereocenters. The predicted molar refractivity (Wildman–Crippen MR) is 123 cm³/mol. The lowest BCUT2D eigenvalue weighted by Gasteiger charge is -2.34. The number of piperazine rings is 1. The number of rotatable bonds is 7. The van der Waals surface area contributed by atoms with E-state index in [1.54, 1.807) is 0 Å². The van der Waals surface area contributed by atoms with Gasteiger partial charge in [-0.1, -0.05) is 29.4 Å². The van der Waals surface area contributed by atoms with Gasteiger partial charge in [-0.25, -0.2) is 0 Å². The van der Waals surface area contributed by atoms with Crippen molar-refractivity contribution >= 4 is 5.91 Å². The van der Waals surface area contributed by atoms with E-state index in [0.717, 1.165) is 61.1 Å². The van der Waals surface area contributed by atoms with E-state index in [4.69, 9.17) is 14.5 Å². The molecule has 4 rings (SSSR count). The van der Waals surface area contributed by atoms with Crippen molar-refractivity contribution in [1.29, 1.82) is 5.26 Å². The summed E-state index contributed by atoms with van der Waals surface area (Å²) in [6.45, 7) is 8.17. The molecule has 1 aliphatic rings. The lowest BCUT2D eigenvalue weighted by Crippen LogP contribution is -2.48. The molecule has 0 unspecified atom stereocenters. The van der Waals surface area contributed by atoms with Gasteiger partial charge in [0.05, 0.1) is 29.3 Å². The second kappa shape index (κ2) is 10.3. The molecule has 0 N–H and O–H groups in total. The number of hydrogen-bond donors (Lipinski definition) is 0. The van der Waals surface area contributed by atoms with Gasteiger partial charge in [0.25, 0.3) is 0 Å². The quantitative estimate of drug-likeness (QED) is 0.553. The molecule has 1 saturated heterocycles. The van der Waals surface area contributed by atoms with Crippen LogP contribution < -0.4 is 4.74 Å². The van der Waals surface area contributed by atoms with Crippen molar-refractivity contribution < 1.29 is 14.1 Å². The van der Waals surface area contributed by atoms with Gasteiger partial charge < -0.3 is 14.2 Å². The Morgan fingerprint density at radius 3 is 2.30 bits per heavy atom. The van der Waals surface area contributed by atoms with Crippen LogP contribution in [0.15, 0.2) is 53.1 Å². The fraction of sp³-hybridized carbons (Fsp3) is 0.346. The molecule has 0 radical (unpaired) electrons. The van der Waals surface area contributed by atoms with E-state index in [2.05, 4.69) is 16.1 Å². The van der Waals surface area contributed by atoms with Gasteiger partial charge in [-0.3, -0.25) is 9.69 Å². The molecule has 33 heavy (non-hydrogen) atoms. The monoisotopic (exact) mass is 444 g/mol. The second-order valence-electron chi connectivity index (χ2n) is 8.38. The molecule has 0 bridgehead atoms. The highest BCUT2D eigenvalue weighted by molar-refractivity contribution is 5.79. The van der Waals surface area contributed by atoms with Gasteiger partial charge >= 0.3 is 0 Å². The van der Waals surface area contributed by atoms with Gasteiger partial charge in [0.2, 0.25) is 5.91 Å². The molecule has 3 aromatic rings. The van der Waals surface area contributed by atoms with Crippen LogP contribution in [0.2, 0.25) is 0 Å². The van der Waals surface area contributed by atoms with E-state index < -0.39 is 0 Å². The number of nitriles is 1. The Morgan fingerprint density at radius 1 is 1.03 bits per heavy atom. The maximum absolute atomic E-state index is 12.8. The summed E-state index contributed by atoms with van der Waals surface area (Å²) in [5.41, 5.74) is 4.64. The number of aryl methyl sites for hydroxylation is 2. The highest BCUT2D eigenvalue weighted by atomic mass is 16.5. The van der Waals surface area contributed by atoms with Crippen molar-refractivity contribution in [3.8, 4) is 11.8 Å². The van der Waals surface area contributed by atoms with Crippen LogP contribution in [0.3, 0.4) is 0 Å². The normalized spacial score (nSPS) is 14.2. The van der Waals surface area contributed by atoms with E-state index >= 15 is 0 Å². The molecule has 1 aliphatic heterocycles. The Balaban J connectivity index is 1.23. The van der Waals surface area contributed by atoms with Crippen LogP contribution in [0.4, 0.5) is 0 Å². The maximum Gasteiger partial charge on any atom is 0.227 e. The Hall–Kier alpha value is -3.63. The Kier molecular flexibility index (Phi) is 7.06. The van der Waals surface area contributed by atoms with Crippen molar-refractivity contribution in [2.75, 3.05) is 26.2 Å². The molecule has 0 aliphatic carbocycles. The molecular weight excluding hydrogens is 416 g/mol. The zero-order valence-electron chi connectivity index (χ0n) is 19.1. The van der Waals surface area contributed by atoms with Gasteiger partial charge in [-0.2, -0.15) is 5.26 Å². The number of benzene rings is 2. The molecule has 0 spiro atoms. The van der Waals surface area contributed by atoms with E-state index in [1.165, 1.54) is 5.56 Å². The van der Waals surface area contributed by atoms with Gasteiger partial charge in [-0.15, -0.1) is 0 Å². The molecular formula is C26H28N4O3. The van der Waals surface area contributed by atoms with Crippen LogP contribution in [-0.4, -0.2) is 47.0 Å².